The molecule has 22 heavy (non-hydrogen) atoms. The second kappa shape index (κ2) is 5.31. The number of nitrogens with zero attached hydrogens (tertiary/aromatic N) is 4. The minimum atomic E-state index is -3.34. The first-order valence-electron chi connectivity index (χ1n) is 6.15. The maximum absolute atomic E-state index is 12.2. The number of hydrogen-bond acceptors (Lipinski definition) is 5. The molecule has 0 saturated heterocycles. The fourth-order valence-corrected chi connectivity index (χ4v) is 2.38. The van der Waals surface area contributed by atoms with Crippen molar-refractivity contribution in [2.24, 2.45) is 14.1 Å². The van der Waals surface area contributed by atoms with E-state index in [1.54, 1.807) is 7.05 Å². The average molecular weight is 322 g/mol. The first kappa shape index (κ1) is 15.8. The molecule has 2 rings (SSSR count). The van der Waals surface area contributed by atoms with Gasteiger partial charge in [0.25, 0.3) is 5.56 Å². The predicted molar refractivity (Wildman–Crippen MR) is 82.9 cm³/mol. The molecule has 0 spiro atoms. The predicted octanol–water partition coefficient (Wildman–Crippen LogP) is -0.918. The zero-order valence-corrected chi connectivity index (χ0v) is 13.1. The van der Waals surface area contributed by atoms with Gasteiger partial charge in [0.2, 0.25) is 0 Å². The maximum atomic E-state index is 12.2. The molecular formula is C13H14N4O4S. The van der Waals surface area contributed by atoms with Crippen molar-refractivity contribution in [3.05, 3.63) is 32.1 Å². The molecular weight excluding hydrogens is 308 g/mol. The minimum absolute atomic E-state index is 0.0459. The van der Waals surface area contributed by atoms with E-state index in [0.29, 0.717) is 0 Å². The van der Waals surface area contributed by atoms with E-state index >= 15 is 0 Å². The zero-order chi connectivity index (χ0) is 16.7. The van der Waals surface area contributed by atoms with Crippen molar-refractivity contribution in [3.8, 4) is 12.3 Å². The fourth-order valence-electron chi connectivity index (χ4n) is 2.01. The summed E-state index contributed by atoms with van der Waals surface area (Å²) in [5.41, 5.74) is -0.804. The normalized spacial score (nSPS) is 12.1. The van der Waals surface area contributed by atoms with Gasteiger partial charge in [-0.15, -0.1) is 6.42 Å². The van der Waals surface area contributed by atoms with Crippen molar-refractivity contribution in [2.45, 2.75) is 6.54 Å². The third-order valence-electron chi connectivity index (χ3n) is 3.11. The number of aryl methyl sites for hydroxylation is 1. The number of sulfone groups is 1. The quantitative estimate of drug-likeness (QED) is 0.681. The van der Waals surface area contributed by atoms with E-state index in [0.717, 1.165) is 16.2 Å². The van der Waals surface area contributed by atoms with Crippen LogP contribution in [0.5, 0.6) is 0 Å². The zero-order valence-electron chi connectivity index (χ0n) is 12.3. The number of terminal acetylenes is 1. The topological polar surface area (TPSA) is 96.0 Å². The van der Waals surface area contributed by atoms with E-state index in [9.17, 15) is 18.0 Å². The van der Waals surface area contributed by atoms with Crippen LogP contribution in [0, 0.1) is 12.3 Å². The van der Waals surface area contributed by atoms with Gasteiger partial charge in [-0.25, -0.2) is 18.2 Å². The lowest BCUT2D eigenvalue weighted by atomic mass is 10.5. The summed E-state index contributed by atoms with van der Waals surface area (Å²) in [6.07, 6.45) is 7.55. The number of rotatable bonds is 3. The van der Waals surface area contributed by atoms with Gasteiger partial charge in [-0.1, -0.05) is 5.92 Å². The minimum Gasteiger partial charge on any atom is -0.322 e. The highest BCUT2D eigenvalue weighted by Crippen LogP contribution is 2.11. The summed E-state index contributed by atoms with van der Waals surface area (Å²) in [4.78, 5) is 28.5. The van der Waals surface area contributed by atoms with Crippen LogP contribution in [0.15, 0.2) is 15.0 Å². The van der Waals surface area contributed by atoms with Gasteiger partial charge in [0.15, 0.2) is 21.0 Å². The smallest absolute Gasteiger partial charge is 0.322 e. The molecule has 8 nitrogen and oxygen atoms in total. The van der Waals surface area contributed by atoms with E-state index in [-0.39, 0.29) is 23.5 Å². The number of fused-ring (bicyclic) bond motifs is 1. The highest BCUT2D eigenvalue weighted by Gasteiger charge is 2.17. The van der Waals surface area contributed by atoms with Crippen LogP contribution < -0.4 is 11.2 Å². The summed E-state index contributed by atoms with van der Waals surface area (Å²) in [5, 5.41) is 0.975. The van der Waals surface area contributed by atoms with Crippen LogP contribution >= 0.6 is 0 Å². The lowest BCUT2D eigenvalue weighted by molar-refractivity contribution is 0.610. The molecule has 2 aromatic heterocycles. The van der Waals surface area contributed by atoms with Crippen LogP contribution in [-0.2, 0) is 30.5 Å². The Labute approximate surface area is 126 Å². The highest BCUT2D eigenvalue weighted by molar-refractivity contribution is 7.93. The molecule has 0 atom stereocenters. The van der Waals surface area contributed by atoms with Gasteiger partial charge >= 0.3 is 5.69 Å². The summed E-state index contributed by atoms with van der Waals surface area (Å²) < 4.78 is 26.0. The molecule has 0 N–H and O–H groups in total. The van der Waals surface area contributed by atoms with E-state index in [4.69, 9.17) is 6.42 Å². The highest BCUT2D eigenvalue weighted by atomic mass is 32.2. The Morgan fingerprint density at radius 1 is 1.27 bits per heavy atom. The molecule has 0 unspecified atom stereocenters. The summed E-state index contributed by atoms with van der Waals surface area (Å²) in [5.74, 6) is 2.56. The monoisotopic (exact) mass is 322 g/mol. The Kier molecular flexibility index (Phi) is 3.81. The standard InChI is InChI=1S/C13H14N4O4S/c1-5-7-17-11-10(12(18)16(3)13(17)19)15(2)9(14-11)6-8-22(4,20)21/h1,6,8H,7H2,2-4H3/b8-6+. The third-order valence-corrected chi connectivity index (χ3v) is 3.74. The van der Waals surface area contributed by atoms with Crippen molar-refractivity contribution in [2.75, 3.05) is 6.26 Å². The van der Waals surface area contributed by atoms with E-state index in [1.165, 1.54) is 22.3 Å². The van der Waals surface area contributed by atoms with Crippen LogP contribution in [0.3, 0.4) is 0 Å². The van der Waals surface area contributed by atoms with Gasteiger partial charge in [0.1, 0.15) is 5.82 Å². The summed E-state index contributed by atoms with van der Waals surface area (Å²) >= 11 is 0. The molecule has 2 heterocycles. The second-order valence-corrected chi connectivity index (χ2v) is 6.70. The van der Waals surface area contributed by atoms with Crippen LogP contribution in [0.4, 0.5) is 0 Å². The Morgan fingerprint density at radius 3 is 2.45 bits per heavy atom. The molecule has 2 aromatic rings. The van der Waals surface area contributed by atoms with Gasteiger partial charge in [-0.05, 0) is 6.08 Å². The van der Waals surface area contributed by atoms with E-state index in [2.05, 4.69) is 10.9 Å². The Balaban J connectivity index is 2.91. The van der Waals surface area contributed by atoms with Crippen molar-refractivity contribution >= 4 is 27.1 Å². The number of aromatic nitrogens is 4. The Morgan fingerprint density at radius 2 is 1.91 bits per heavy atom. The molecule has 0 bridgehead atoms. The van der Waals surface area contributed by atoms with Gasteiger partial charge in [0, 0.05) is 25.8 Å². The lowest BCUT2D eigenvalue weighted by Crippen LogP contribution is -2.38. The largest absolute Gasteiger partial charge is 0.333 e. The van der Waals surface area contributed by atoms with E-state index < -0.39 is 21.1 Å². The Hall–Kier alpha value is -2.60. The molecule has 0 aliphatic carbocycles. The third kappa shape index (κ3) is 2.60. The summed E-state index contributed by atoms with van der Waals surface area (Å²) in [6, 6.07) is 0. The molecule has 0 aliphatic rings. The molecule has 0 aromatic carbocycles. The maximum Gasteiger partial charge on any atom is 0.333 e. The van der Waals surface area contributed by atoms with Gasteiger partial charge in [-0.3, -0.25) is 13.9 Å². The van der Waals surface area contributed by atoms with Crippen molar-refractivity contribution in [1.29, 1.82) is 0 Å². The van der Waals surface area contributed by atoms with E-state index in [1.807, 2.05) is 0 Å². The number of imidazole rings is 1. The second-order valence-electron chi connectivity index (χ2n) is 4.77. The van der Waals surface area contributed by atoms with Crippen LogP contribution in [0.25, 0.3) is 17.2 Å². The fraction of sp³-hybridized carbons (Fsp3) is 0.308. The van der Waals surface area contributed by atoms with Crippen molar-refractivity contribution < 1.29 is 8.42 Å². The molecule has 116 valence electrons. The van der Waals surface area contributed by atoms with Crippen molar-refractivity contribution in [1.82, 2.24) is 18.7 Å². The molecule has 0 fully saturated rings. The Bertz CT molecular complexity index is 1040. The SMILES string of the molecule is C#CCn1c(=O)n(C)c(=O)c2c1nc(/C=C/S(C)(=O)=O)n2C. The van der Waals surface area contributed by atoms with Crippen molar-refractivity contribution in [3.63, 3.8) is 0 Å². The molecule has 0 radical (unpaired) electrons. The average Bonchev–Trinajstić information content (AvgIpc) is 2.75. The molecule has 0 amide bonds. The van der Waals surface area contributed by atoms with Crippen LogP contribution in [0.2, 0.25) is 0 Å². The molecule has 9 heteroatoms. The number of hydrogen-bond donors (Lipinski definition) is 0. The lowest BCUT2D eigenvalue weighted by Gasteiger charge is -2.05. The van der Waals surface area contributed by atoms with Gasteiger partial charge < -0.3 is 4.57 Å². The van der Waals surface area contributed by atoms with Gasteiger partial charge in [0.05, 0.1) is 6.54 Å². The van der Waals surface area contributed by atoms with Gasteiger partial charge in [-0.2, -0.15) is 0 Å². The van der Waals surface area contributed by atoms with Crippen LogP contribution in [0.1, 0.15) is 5.82 Å². The molecule has 0 saturated carbocycles. The first-order chi connectivity index (χ1) is 10.2. The summed E-state index contributed by atoms with van der Waals surface area (Å²) in [6.45, 7) is -0.0459. The van der Waals surface area contributed by atoms with Crippen LogP contribution in [-0.4, -0.2) is 33.4 Å². The molecule has 0 aliphatic heterocycles. The summed E-state index contributed by atoms with van der Waals surface area (Å²) in [7, 11) is -0.439. The first-order valence-corrected chi connectivity index (χ1v) is 8.10.